The van der Waals surface area contributed by atoms with Crippen molar-refractivity contribution in [3.63, 3.8) is 0 Å². The second kappa shape index (κ2) is 18.4. The molecule has 1 saturated heterocycles. The largest absolute Gasteiger partial charge is 0.378 e. The Morgan fingerprint density at radius 3 is 1.79 bits per heavy atom. The summed E-state index contributed by atoms with van der Waals surface area (Å²) in [6.07, 6.45) is 0.0353. The molecule has 1 fully saturated rings. The number of hydrogen-bond donors (Lipinski definition) is 1. The van der Waals surface area contributed by atoms with Gasteiger partial charge in [0.2, 0.25) is 15.9 Å². The van der Waals surface area contributed by atoms with E-state index in [9.17, 15) is 13.2 Å². The number of ether oxygens (including phenoxy) is 5. The molecule has 11 nitrogen and oxygen atoms in total. The van der Waals surface area contributed by atoms with Gasteiger partial charge in [0.05, 0.1) is 64.2 Å². The summed E-state index contributed by atoms with van der Waals surface area (Å²) >= 11 is 0. The number of sulfonamides is 1. The zero-order valence-electron chi connectivity index (χ0n) is 21.3. The fourth-order valence-electron chi connectivity index (χ4n) is 3.02. The highest BCUT2D eigenvalue weighted by atomic mass is 32.2. The third-order valence-electron chi connectivity index (χ3n) is 5.07. The van der Waals surface area contributed by atoms with Crippen molar-refractivity contribution in [3.05, 3.63) is 0 Å². The van der Waals surface area contributed by atoms with E-state index in [0.29, 0.717) is 72.5 Å². The van der Waals surface area contributed by atoms with Crippen LogP contribution in [-0.4, -0.2) is 134 Å². The molecule has 1 aliphatic rings. The van der Waals surface area contributed by atoms with E-state index in [4.69, 9.17) is 23.7 Å². The van der Waals surface area contributed by atoms with Gasteiger partial charge < -0.3 is 29.0 Å². The Balaban J connectivity index is 1.82. The van der Waals surface area contributed by atoms with Crippen molar-refractivity contribution in [2.45, 2.75) is 39.0 Å². The molecule has 1 amide bonds. The molecule has 0 spiro atoms. The Morgan fingerprint density at radius 2 is 1.29 bits per heavy atom. The molecule has 0 saturated carbocycles. The minimum atomic E-state index is -3.16. The Labute approximate surface area is 205 Å². The number of nitrogens with one attached hydrogen (secondary N) is 1. The van der Waals surface area contributed by atoms with Crippen LogP contribution >= 0.6 is 0 Å². The average Bonchev–Trinajstić information content (AvgIpc) is 2.80. The summed E-state index contributed by atoms with van der Waals surface area (Å²) in [6, 6.07) is 0. The molecule has 1 heterocycles. The van der Waals surface area contributed by atoms with Crippen molar-refractivity contribution in [3.8, 4) is 0 Å². The Kier molecular flexibility index (Phi) is 16.9. The maximum absolute atomic E-state index is 12.2. The number of carbonyl (C=O) groups excluding carboxylic acids is 1. The molecule has 0 unspecified atom stereocenters. The summed E-state index contributed by atoms with van der Waals surface area (Å²) in [5.74, 6) is -0.146. The number of carbonyl (C=O) groups is 1. The van der Waals surface area contributed by atoms with E-state index in [1.807, 2.05) is 13.8 Å². The average molecular weight is 512 g/mol. The van der Waals surface area contributed by atoms with Crippen LogP contribution in [0.15, 0.2) is 0 Å². The Bertz CT molecular complexity index is 626. The zero-order valence-corrected chi connectivity index (χ0v) is 22.1. The Morgan fingerprint density at radius 1 is 0.794 bits per heavy atom. The highest BCUT2D eigenvalue weighted by Gasteiger charge is 2.28. The molecule has 1 rings (SSSR count). The lowest BCUT2D eigenvalue weighted by Crippen LogP contribution is -2.50. The zero-order chi connectivity index (χ0) is 25.2. The minimum Gasteiger partial charge on any atom is -0.378 e. The number of hydrogen-bond acceptors (Lipinski definition) is 9. The fraction of sp³-hybridized carbons (Fsp3) is 0.955. The molecule has 1 N–H and O–H groups in total. The highest BCUT2D eigenvalue weighted by Crippen LogP contribution is 2.12. The summed E-state index contributed by atoms with van der Waals surface area (Å²) in [5, 5.41) is 2.35. The third-order valence-corrected chi connectivity index (χ3v) is 7.35. The maximum Gasteiger partial charge on any atom is 0.246 e. The van der Waals surface area contributed by atoms with Crippen molar-refractivity contribution >= 4 is 15.9 Å². The lowest BCUT2D eigenvalue weighted by atomic mass is 10.3. The van der Waals surface area contributed by atoms with Crippen LogP contribution in [0.3, 0.4) is 0 Å². The van der Waals surface area contributed by atoms with Crippen LogP contribution in [0.2, 0.25) is 0 Å². The minimum absolute atomic E-state index is 0.0353. The van der Waals surface area contributed by atoms with E-state index < -0.39 is 10.0 Å². The summed E-state index contributed by atoms with van der Waals surface area (Å²) in [5.41, 5.74) is 0. The second-order valence-electron chi connectivity index (χ2n) is 8.49. The van der Waals surface area contributed by atoms with Gasteiger partial charge in [0.25, 0.3) is 0 Å². The summed E-state index contributed by atoms with van der Waals surface area (Å²) in [7, 11) is -3.16. The first-order chi connectivity index (χ1) is 16.2. The van der Waals surface area contributed by atoms with Gasteiger partial charge in [-0.05, 0) is 27.7 Å². The van der Waals surface area contributed by atoms with Crippen LogP contribution in [0.25, 0.3) is 0 Å². The first-order valence-corrected chi connectivity index (χ1v) is 13.6. The number of piperazine rings is 1. The maximum atomic E-state index is 12.2. The quantitative estimate of drug-likeness (QED) is 0.225. The molecule has 12 heteroatoms. The van der Waals surface area contributed by atoms with Gasteiger partial charge in [-0.3, -0.25) is 9.69 Å². The molecule has 0 aromatic heterocycles. The highest BCUT2D eigenvalue weighted by molar-refractivity contribution is 7.89. The van der Waals surface area contributed by atoms with Crippen LogP contribution in [0.1, 0.15) is 27.7 Å². The summed E-state index contributed by atoms with van der Waals surface area (Å²) in [4.78, 5) is 13.7. The SMILES string of the molecule is CC(C)OCC(=O)NCCOCCOCCOCCOCCN1CCN(S(=O)(=O)C(C)C)CC1. The van der Waals surface area contributed by atoms with Crippen LogP contribution in [0, 0.1) is 0 Å². The fourth-order valence-corrected chi connectivity index (χ4v) is 4.29. The predicted octanol–water partition coefficient (Wildman–Crippen LogP) is -0.0502. The molecule has 0 aliphatic carbocycles. The van der Waals surface area contributed by atoms with Crippen LogP contribution < -0.4 is 5.32 Å². The summed E-state index contributed by atoms with van der Waals surface area (Å²) in [6.45, 7) is 15.0. The molecule has 34 heavy (non-hydrogen) atoms. The Hall–Kier alpha value is -0.860. The van der Waals surface area contributed by atoms with Gasteiger partial charge in [-0.2, -0.15) is 4.31 Å². The van der Waals surface area contributed by atoms with E-state index in [1.165, 1.54) is 0 Å². The number of rotatable bonds is 20. The van der Waals surface area contributed by atoms with Crippen LogP contribution in [0.4, 0.5) is 0 Å². The van der Waals surface area contributed by atoms with E-state index >= 15 is 0 Å². The normalized spacial score (nSPS) is 15.9. The molecular formula is C22H45N3O8S. The molecule has 202 valence electrons. The smallest absolute Gasteiger partial charge is 0.246 e. The van der Waals surface area contributed by atoms with Crippen molar-refractivity contribution in [2.75, 3.05) is 98.7 Å². The molecule has 0 atom stereocenters. The van der Waals surface area contributed by atoms with E-state index in [1.54, 1.807) is 18.2 Å². The van der Waals surface area contributed by atoms with Crippen LogP contribution in [0.5, 0.6) is 0 Å². The molecule has 0 radical (unpaired) electrons. The summed E-state index contributed by atoms with van der Waals surface area (Å²) < 4.78 is 53.0. The first-order valence-electron chi connectivity index (χ1n) is 12.1. The van der Waals surface area contributed by atoms with E-state index in [-0.39, 0.29) is 23.9 Å². The lowest BCUT2D eigenvalue weighted by Gasteiger charge is -2.34. The van der Waals surface area contributed by atoms with Gasteiger partial charge in [0, 0.05) is 39.3 Å². The lowest BCUT2D eigenvalue weighted by molar-refractivity contribution is -0.127. The van der Waals surface area contributed by atoms with Crippen molar-refractivity contribution < 1.29 is 36.9 Å². The molecule has 0 bridgehead atoms. The number of amides is 1. The van der Waals surface area contributed by atoms with Crippen molar-refractivity contribution in [1.29, 1.82) is 0 Å². The van der Waals surface area contributed by atoms with Gasteiger partial charge >= 0.3 is 0 Å². The molecule has 1 aliphatic heterocycles. The number of nitrogens with zero attached hydrogens (tertiary/aromatic N) is 2. The monoisotopic (exact) mass is 511 g/mol. The van der Waals surface area contributed by atoms with E-state index in [2.05, 4.69) is 10.2 Å². The first kappa shape index (κ1) is 31.2. The van der Waals surface area contributed by atoms with E-state index in [0.717, 1.165) is 19.6 Å². The molecular weight excluding hydrogens is 466 g/mol. The third kappa shape index (κ3) is 14.5. The van der Waals surface area contributed by atoms with Crippen molar-refractivity contribution in [2.24, 2.45) is 0 Å². The van der Waals surface area contributed by atoms with Gasteiger partial charge in [0.1, 0.15) is 6.61 Å². The van der Waals surface area contributed by atoms with Gasteiger partial charge in [0.15, 0.2) is 0 Å². The second-order valence-corrected chi connectivity index (χ2v) is 11.0. The topological polar surface area (TPSA) is 116 Å². The standard InChI is InChI=1S/C22H45N3O8S/c1-20(2)33-19-22(26)23-5-11-29-13-15-31-17-18-32-16-14-30-12-10-24-6-8-25(9-7-24)34(27,28)21(3)4/h20-21H,5-19H2,1-4H3,(H,23,26). The van der Waals surface area contributed by atoms with Gasteiger partial charge in [-0.1, -0.05) is 0 Å². The molecule has 0 aromatic rings. The van der Waals surface area contributed by atoms with Crippen molar-refractivity contribution in [1.82, 2.24) is 14.5 Å². The molecule has 0 aromatic carbocycles. The van der Waals surface area contributed by atoms with Gasteiger partial charge in [-0.25, -0.2) is 8.42 Å². The van der Waals surface area contributed by atoms with Crippen LogP contribution in [-0.2, 0) is 38.5 Å². The predicted molar refractivity (Wildman–Crippen MR) is 129 cm³/mol. The van der Waals surface area contributed by atoms with Gasteiger partial charge in [-0.15, -0.1) is 0 Å².